The van der Waals surface area contributed by atoms with Crippen LogP contribution in [-0.4, -0.2) is 111 Å². The number of hydrogen-bond donors (Lipinski definition) is 2. The highest BCUT2D eigenvalue weighted by Crippen LogP contribution is 2.19. The summed E-state index contributed by atoms with van der Waals surface area (Å²) in [4.78, 5) is 26.2. The molecule has 3 aromatic rings. The zero-order valence-corrected chi connectivity index (χ0v) is 36.3. The number of benzene rings is 3. The van der Waals surface area contributed by atoms with Crippen LogP contribution in [0.15, 0.2) is 82.8 Å². The fourth-order valence-corrected chi connectivity index (χ4v) is 5.21. The van der Waals surface area contributed by atoms with Crippen LogP contribution in [-0.2, 0) is 42.7 Å². The van der Waals surface area contributed by atoms with Crippen LogP contribution in [0.1, 0.15) is 47.1 Å². The van der Waals surface area contributed by atoms with E-state index in [2.05, 4.69) is 20.7 Å². The normalized spacial score (nSPS) is 11.3. The second-order valence-corrected chi connectivity index (χ2v) is 16.1. The van der Waals surface area contributed by atoms with Crippen molar-refractivity contribution in [1.82, 2.24) is 0 Å². The molecule has 0 bridgehead atoms. The van der Waals surface area contributed by atoms with Gasteiger partial charge in [0.2, 0.25) is 0 Å². The highest BCUT2D eigenvalue weighted by Gasteiger charge is 2.17. The fraction of sp³-hybridized carbons (Fsp3) is 0.512. The molecule has 0 saturated heterocycles. The van der Waals surface area contributed by atoms with E-state index in [4.69, 9.17) is 47.6 Å². The van der Waals surface area contributed by atoms with E-state index in [1.807, 2.05) is 6.92 Å². The summed E-state index contributed by atoms with van der Waals surface area (Å²) in [6.07, 6.45) is -1.02. The van der Waals surface area contributed by atoms with Gasteiger partial charge in [0.25, 0.3) is 10.1 Å². The third kappa shape index (κ3) is 25.4. The lowest BCUT2D eigenvalue weighted by Crippen LogP contribution is -2.27. The third-order valence-electron chi connectivity index (χ3n) is 6.91. The summed E-state index contributed by atoms with van der Waals surface area (Å²) >= 11 is 0. The van der Waals surface area contributed by atoms with Crippen LogP contribution < -0.4 is 20.1 Å². The van der Waals surface area contributed by atoms with Gasteiger partial charge in [-0.2, -0.15) is 8.42 Å². The number of ether oxygens (including phenoxy) is 8. The molecule has 0 aliphatic heterocycles. The van der Waals surface area contributed by atoms with Gasteiger partial charge in [-0.1, -0.05) is 22.8 Å². The van der Waals surface area contributed by atoms with Gasteiger partial charge in [-0.3, -0.25) is 14.8 Å². The van der Waals surface area contributed by atoms with Crippen molar-refractivity contribution in [3.63, 3.8) is 0 Å². The molecule has 0 atom stereocenters. The average molecular weight is 862 g/mol. The second-order valence-electron chi connectivity index (χ2n) is 14.5. The molecule has 18 nitrogen and oxygen atoms in total. The molecule has 332 valence electrons. The molecule has 0 heterocycles. The Bertz CT molecular complexity index is 1830. The van der Waals surface area contributed by atoms with Gasteiger partial charge in [0.1, 0.15) is 35.9 Å². The smallest absolute Gasteiger partial charge is 0.412 e. The Balaban J connectivity index is 0.000000429. The van der Waals surface area contributed by atoms with E-state index >= 15 is 0 Å². The lowest BCUT2D eigenvalue weighted by Gasteiger charge is -2.19. The largest absolute Gasteiger partial charge is 0.491 e. The summed E-state index contributed by atoms with van der Waals surface area (Å²) in [6, 6.07) is 20.3. The lowest BCUT2D eigenvalue weighted by atomic mass is 10.2. The summed E-state index contributed by atoms with van der Waals surface area (Å²) in [5, 5.41) is 8.66. The SMILES string of the molecule is CC(C)(C)OC(=O)Nc1ccc(OCCOCCOCCN=[N+]=[N-])cc1.Cc1ccc(S(=O)(=O)OCCOCCOCCOc2ccc(NC(=O)OC(C)(C)C)cc2)cc1. The molecular weight excluding hydrogens is 803 g/mol. The Labute approximate surface area is 352 Å². The molecule has 3 aromatic carbocycles. The molecule has 0 aliphatic carbocycles. The van der Waals surface area contributed by atoms with Gasteiger partial charge in [-0.25, -0.2) is 9.59 Å². The Hall–Kier alpha value is -5.14. The molecule has 19 heteroatoms. The number of anilines is 2. The monoisotopic (exact) mass is 861 g/mol. The highest BCUT2D eigenvalue weighted by molar-refractivity contribution is 7.86. The highest BCUT2D eigenvalue weighted by atomic mass is 32.2. The number of aryl methyl sites for hydroxylation is 1. The zero-order valence-electron chi connectivity index (χ0n) is 35.5. The Morgan fingerprint density at radius 3 is 1.37 bits per heavy atom. The summed E-state index contributed by atoms with van der Waals surface area (Å²) in [5.41, 5.74) is 9.19. The quantitative estimate of drug-likeness (QED) is 0.0287. The molecule has 0 fully saturated rings. The minimum atomic E-state index is -3.78. The Morgan fingerprint density at radius 2 is 0.967 bits per heavy atom. The number of azide groups is 1. The van der Waals surface area contributed by atoms with Crippen molar-refractivity contribution in [2.75, 3.05) is 89.9 Å². The summed E-state index contributed by atoms with van der Waals surface area (Å²) in [7, 11) is -3.78. The first-order chi connectivity index (χ1) is 28.5. The van der Waals surface area contributed by atoms with Crippen LogP contribution in [0.25, 0.3) is 10.4 Å². The minimum absolute atomic E-state index is 0.0713. The van der Waals surface area contributed by atoms with Crippen molar-refractivity contribution in [3.05, 3.63) is 88.8 Å². The third-order valence-corrected chi connectivity index (χ3v) is 8.24. The van der Waals surface area contributed by atoms with Crippen LogP contribution in [0, 0.1) is 6.92 Å². The van der Waals surface area contributed by atoms with E-state index < -0.39 is 33.5 Å². The van der Waals surface area contributed by atoms with Crippen LogP contribution in [0.3, 0.4) is 0 Å². The van der Waals surface area contributed by atoms with Gasteiger partial charge >= 0.3 is 12.2 Å². The average Bonchev–Trinajstić information content (AvgIpc) is 3.16. The number of carbonyl (C=O) groups excluding carboxylic acids is 2. The molecule has 0 aromatic heterocycles. The van der Waals surface area contributed by atoms with Crippen molar-refractivity contribution in [2.45, 2.75) is 64.6 Å². The molecule has 0 spiro atoms. The number of rotatable bonds is 24. The van der Waals surface area contributed by atoms with Gasteiger partial charge in [-0.05, 0) is 115 Å². The van der Waals surface area contributed by atoms with E-state index in [0.29, 0.717) is 88.9 Å². The first-order valence-corrected chi connectivity index (χ1v) is 20.6. The summed E-state index contributed by atoms with van der Waals surface area (Å²) < 4.78 is 71.9. The Morgan fingerprint density at radius 1 is 0.583 bits per heavy atom. The molecule has 3 rings (SSSR count). The molecule has 0 radical (unpaired) electrons. The standard InChI is InChI=1S/C24H33NO8S.C17H26N4O5/c1-19-5-11-22(12-6-19)34(27,28)32-18-16-30-14-13-29-15-17-31-21-9-7-20(8-10-21)25-23(26)33-24(2,3)4;1-17(2,3)26-16(22)20-14-4-6-15(7-5-14)25-13-12-24-11-10-23-9-8-19-21-18/h5-12H,13-18H2,1-4H3,(H,25,26);4-7H,8-13H2,1-3H3,(H,20,22). The van der Waals surface area contributed by atoms with Gasteiger partial charge in [0, 0.05) is 22.8 Å². The van der Waals surface area contributed by atoms with Crippen LogP contribution in [0.2, 0.25) is 0 Å². The van der Waals surface area contributed by atoms with E-state index in [-0.39, 0.29) is 18.1 Å². The van der Waals surface area contributed by atoms with Crippen molar-refractivity contribution in [1.29, 1.82) is 0 Å². The molecular formula is C41H59N5O13S. The molecule has 2 amide bonds. The van der Waals surface area contributed by atoms with Crippen molar-refractivity contribution < 1.29 is 60.1 Å². The summed E-state index contributed by atoms with van der Waals surface area (Å²) in [6.45, 7) is 16.5. The lowest BCUT2D eigenvalue weighted by molar-refractivity contribution is 0.0279. The number of nitrogens with zero attached hydrogens (tertiary/aromatic N) is 3. The topological polar surface area (TPSA) is 224 Å². The van der Waals surface area contributed by atoms with E-state index in [9.17, 15) is 18.0 Å². The molecule has 0 unspecified atom stereocenters. The van der Waals surface area contributed by atoms with Crippen LogP contribution >= 0.6 is 0 Å². The van der Waals surface area contributed by atoms with Gasteiger partial charge in [0.05, 0.1) is 64.4 Å². The molecule has 0 saturated carbocycles. The number of carbonyl (C=O) groups is 2. The van der Waals surface area contributed by atoms with Crippen molar-refractivity contribution in [2.24, 2.45) is 5.11 Å². The fourth-order valence-electron chi connectivity index (χ4n) is 4.32. The van der Waals surface area contributed by atoms with Gasteiger partial charge in [0.15, 0.2) is 0 Å². The number of amides is 2. The first kappa shape index (κ1) is 51.0. The molecule has 60 heavy (non-hydrogen) atoms. The maximum Gasteiger partial charge on any atom is 0.412 e. The predicted molar refractivity (Wildman–Crippen MR) is 225 cm³/mol. The van der Waals surface area contributed by atoms with Crippen LogP contribution in [0.5, 0.6) is 11.5 Å². The van der Waals surface area contributed by atoms with Crippen LogP contribution in [0.4, 0.5) is 21.0 Å². The van der Waals surface area contributed by atoms with Gasteiger partial charge < -0.3 is 37.9 Å². The predicted octanol–water partition coefficient (Wildman–Crippen LogP) is 7.92. The molecule has 2 N–H and O–H groups in total. The minimum Gasteiger partial charge on any atom is -0.491 e. The maximum absolute atomic E-state index is 12.0. The second kappa shape index (κ2) is 27.6. The van der Waals surface area contributed by atoms with E-state index in [1.165, 1.54) is 12.1 Å². The molecule has 0 aliphatic rings. The first-order valence-electron chi connectivity index (χ1n) is 19.2. The summed E-state index contributed by atoms with van der Waals surface area (Å²) in [5.74, 6) is 1.32. The zero-order chi connectivity index (χ0) is 44.3. The van der Waals surface area contributed by atoms with Gasteiger partial charge in [-0.15, -0.1) is 0 Å². The van der Waals surface area contributed by atoms with E-state index in [1.54, 1.807) is 102 Å². The van der Waals surface area contributed by atoms with Crippen molar-refractivity contribution >= 4 is 33.7 Å². The van der Waals surface area contributed by atoms with Crippen molar-refractivity contribution in [3.8, 4) is 11.5 Å². The Kier molecular flexibility index (Phi) is 23.4. The number of nitrogens with one attached hydrogen (secondary N) is 2. The maximum atomic E-state index is 12.0. The number of hydrogen-bond acceptors (Lipinski definition) is 14. The van der Waals surface area contributed by atoms with E-state index in [0.717, 1.165) is 5.56 Å².